The van der Waals surface area contributed by atoms with Gasteiger partial charge in [-0.05, 0) is 40.3 Å². The number of carbonyl (C=O) groups is 2. The van der Waals surface area contributed by atoms with Crippen molar-refractivity contribution in [3.8, 4) is 0 Å². The second-order valence-corrected chi connectivity index (χ2v) is 8.49. The lowest BCUT2D eigenvalue weighted by Gasteiger charge is -2.24. The van der Waals surface area contributed by atoms with Crippen molar-refractivity contribution in [3.05, 3.63) is 101 Å². The number of rotatable bonds is 8. The van der Waals surface area contributed by atoms with Crippen LogP contribution in [0.5, 0.6) is 0 Å². The molecular weight excluding hydrogens is 426 g/mol. The van der Waals surface area contributed by atoms with Gasteiger partial charge in [0.2, 0.25) is 5.91 Å². The minimum atomic E-state index is -1.01. The summed E-state index contributed by atoms with van der Waals surface area (Å²) in [5.74, 6) is -1.19. The highest BCUT2D eigenvalue weighted by molar-refractivity contribution is 5.90. The number of carboxylic acid groups (broad SMARTS) is 1. The molecule has 1 heterocycles. The van der Waals surface area contributed by atoms with Crippen molar-refractivity contribution < 1.29 is 14.7 Å². The number of amides is 1. The van der Waals surface area contributed by atoms with Crippen LogP contribution in [0.3, 0.4) is 0 Å². The van der Waals surface area contributed by atoms with Crippen molar-refractivity contribution in [1.29, 1.82) is 0 Å². The van der Waals surface area contributed by atoms with Crippen LogP contribution in [0.25, 0.3) is 12.2 Å². The van der Waals surface area contributed by atoms with Gasteiger partial charge in [-0.15, -0.1) is 0 Å². The van der Waals surface area contributed by atoms with Crippen molar-refractivity contribution in [3.63, 3.8) is 0 Å². The molecule has 0 saturated heterocycles. The second kappa shape index (κ2) is 10.8. The van der Waals surface area contributed by atoms with E-state index in [1.165, 1.54) is 0 Å². The maximum atomic E-state index is 13.2. The Balaban J connectivity index is 1.55. The lowest BCUT2D eigenvalue weighted by atomic mass is 10.1. The Hall–Kier alpha value is -3.90. The summed E-state index contributed by atoms with van der Waals surface area (Å²) in [5.41, 5.74) is 11.7. The molecule has 6 heteroatoms. The molecule has 34 heavy (non-hydrogen) atoms. The third-order valence-corrected chi connectivity index (χ3v) is 6.01. The van der Waals surface area contributed by atoms with E-state index in [4.69, 9.17) is 5.73 Å². The molecule has 1 amide bonds. The molecule has 4 rings (SSSR count). The van der Waals surface area contributed by atoms with Gasteiger partial charge in [0.15, 0.2) is 0 Å². The van der Waals surface area contributed by atoms with Crippen LogP contribution in [0.2, 0.25) is 0 Å². The monoisotopic (exact) mass is 455 g/mol. The van der Waals surface area contributed by atoms with Gasteiger partial charge in [-0.1, -0.05) is 78.9 Å². The van der Waals surface area contributed by atoms with Crippen molar-refractivity contribution in [1.82, 2.24) is 4.90 Å². The third kappa shape index (κ3) is 5.91. The van der Waals surface area contributed by atoms with E-state index in [0.29, 0.717) is 26.1 Å². The molecule has 0 radical (unpaired) electrons. The van der Waals surface area contributed by atoms with Crippen molar-refractivity contribution in [2.75, 3.05) is 11.9 Å². The normalized spacial score (nSPS) is 15.6. The lowest BCUT2D eigenvalue weighted by Crippen LogP contribution is -2.42. The molecule has 1 aliphatic rings. The number of hydrogen-bond donors (Lipinski definition) is 3. The minimum Gasteiger partial charge on any atom is -0.481 e. The molecule has 1 aliphatic heterocycles. The van der Waals surface area contributed by atoms with Gasteiger partial charge >= 0.3 is 5.97 Å². The fraction of sp³-hybridized carbons (Fsp3) is 0.214. The summed E-state index contributed by atoms with van der Waals surface area (Å²) in [7, 11) is 0. The zero-order valence-corrected chi connectivity index (χ0v) is 19.0. The van der Waals surface area contributed by atoms with E-state index in [-0.39, 0.29) is 12.3 Å². The molecule has 174 valence electrons. The summed E-state index contributed by atoms with van der Waals surface area (Å²) < 4.78 is 0. The third-order valence-electron chi connectivity index (χ3n) is 6.01. The average Bonchev–Trinajstić information content (AvgIpc) is 2.98. The van der Waals surface area contributed by atoms with Gasteiger partial charge in [0.05, 0.1) is 6.42 Å². The molecule has 0 aromatic heterocycles. The summed E-state index contributed by atoms with van der Waals surface area (Å²) >= 11 is 0. The van der Waals surface area contributed by atoms with Crippen LogP contribution in [0.15, 0.2) is 72.8 Å². The number of anilines is 1. The van der Waals surface area contributed by atoms with Crippen LogP contribution in [-0.4, -0.2) is 34.5 Å². The number of benzene rings is 3. The smallest absolute Gasteiger partial charge is 0.305 e. The van der Waals surface area contributed by atoms with Gasteiger partial charge in [0.25, 0.3) is 0 Å². The molecule has 0 saturated carbocycles. The molecule has 3 aromatic carbocycles. The minimum absolute atomic E-state index is 0.188. The van der Waals surface area contributed by atoms with E-state index in [1.54, 1.807) is 4.90 Å². The Morgan fingerprint density at radius 2 is 1.71 bits per heavy atom. The first-order chi connectivity index (χ1) is 16.5. The number of nitrogens with two attached hydrogens (primary N) is 1. The number of carbonyl (C=O) groups excluding carboxylic acids is 1. The molecule has 4 N–H and O–H groups in total. The van der Waals surface area contributed by atoms with E-state index in [9.17, 15) is 14.7 Å². The first-order valence-corrected chi connectivity index (χ1v) is 11.4. The van der Waals surface area contributed by atoms with Gasteiger partial charge < -0.3 is 21.1 Å². The van der Waals surface area contributed by atoms with Gasteiger partial charge in [0, 0.05) is 25.3 Å². The van der Waals surface area contributed by atoms with Gasteiger partial charge in [-0.3, -0.25) is 9.59 Å². The first kappa shape index (κ1) is 23.3. The van der Waals surface area contributed by atoms with Crippen molar-refractivity contribution >= 4 is 29.7 Å². The van der Waals surface area contributed by atoms with Crippen molar-refractivity contribution in [2.24, 2.45) is 5.73 Å². The summed E-state index contributed by atoms with van der Waals surface area (Å²) in [6, 6.07) is 23.2. The van der Waals surface area contributed by atoms with Crippen LogP contribution in [-0.2, 0) is 29.1 Å². The fourth-order valence-corrected chi connectivity index (χ4v) is 4.09. The van der Waals surface area contributed by atoms with E-state index >= 15 is 0 Å². The number of fused-ring (bicyclic) bond motifs is 1. The highest BCUT2D eigenvalue weighted by Gasteiger charge is 2.30. The first-order valence-electron chi connectivity index (χ1n) is 11.4. The molecule has 0 aliphatic carbocycles. The van der Waals surface area contributed by atoms with E-state index in [1.807, 2.05) is 84.9 Å². The largest absolute Gasteiger partial charge is 0.481 e. The van der Waals surface area contributed by atoms with E-state index < -0.39 is 12.0 Å². The van der Waals surface area contributed by atoms with E-state index in [0.717, 1.165) is 33.5 Å². The highest BCUT2D eigenvalue weighted by Crippen LogP contribution is 2.27. The Bertz CT molecular complexity index is 1170. The lowest BCUT2D eigenvalue weighted by molar-refractivity contribution is -0.141. The van der Waals surface area contributed by atoms with Crippen molar-refractivity contribution in [2.45, 2.75) is 32.0 Å². The predicted molar refractivity (Wildman–Crippen MR) is 135 cm³/mol. The summed E-state index contributed by atoms with van der Waals surface area (Å²) in [5, 5.41) is 12.6. The van der Waals surface area contributed by atoms with Crippen LogP contribution < -0.4 is 11.1 Å². The van der Waals surface area contributed by atoms with Crippen LogP contribution in [0, 0.1) is 0 Å². The Morgan fingerprint density at radius 1 is 1.00 bits per heavy atom. The summed E-state index contributed by atoms with van der Waals surface area (Å²) in [6.45, 7) is 1.48. The number of carboxylic acids is 1. The van der Waals surface area contributed by atoms with E-state index in [2.05, 4.69) is 5.32 Å². The number of nitrogens with one attached hydrogen (secondary N) is 1. The quantitative estimate of drug-likeness (QED) is 0.444. The average molecular weight is 456 g/mol. The molecule has 0 bridgehead atoms. The molecule has 3 aromatic rings. The standard InChI is InChI=1S/C28H29N3O3/c29-18-23-10-7-21(8-11-23)6-9-22-12-13-24-19-31(15-14-20-4-2-1-3-5-20)28(34)26(17-27(32)33)30-25(24)16-22/h1-13,16,26,30H,14-15,17-19,29H2,(H,32,33)/b9-6+/t26-/m1/s1. The fourth-order valence-electron chi connectivity index (χ4n) is 4.09. The Labute approximate surface area is 199 Å². The Morgan fingerprint density at radius 3 is 2.41 bits per heavy atom. The molecule has 0 fully saturated rings. The highest BCUT2D eigenvalue weighted by atomic mass is 16.4. The topological polar surface area (TPSA) is 95.7 Å². The second-order valence-electron chi connectivity index (χ2n) is 8.49. The molecule has 0 spiro atoms. The number of hydrogen-bond acceptors (Lipinski definition) is 4. The number of aliphatic carboxylic acids is 1. The van der Waals surface area contributed by atoms with Crippen LogP contribution >= 0.6 is 0 Å². The molecule has 1 atom stereocenters. The number of nitrogens with zero attached hydrogens (tertiary/aromatic N) is 1. The molecular formula is C28H29N3O3. The SMILES string of the molecule is NCc1ccc(/C=C/c2ccc3c(c2)N[C@H](CC(=O)O)C(=O)N(CCc2ccccc2)C3)cc1. The zero-order valence-electron chi connectivity index (χ0n) is 19.0. The molecule has 0 unspecified atom stereocenters. The maximum Gasteiger partial charge on any atom is 0.305 e. The van der Waals surface area contributed by atoms with Gasteiger partial charge in [-0.25, -0.2) is 0 Å². The van der Waals surface area contributed by atoms with Crippen LogP contribution in [0.1, 0.15) is 34.2 Å². The van der Waals surface area contributed by atoms with Gasteiger partial charge in [0.1, 0.15) is 6.04 Å². The zero-order chi connectivity index (χ0) is 23.9. The molecule has 6 nitrogen and oxygen atoms in total. The Kier molecular flexibility index (Phi) is 7.40. The van der Waals surface area contributed by atoms with Crippen LogP contribution in [0.4, 0.5) is 5.69 Å². The van der Waals surface area contributed by atoms with Gasteiger partial charge in [-0.2, -0.15) is 0 Å². The summed E-state index contributed by atoms with van der Waals surface area (Å²) in [6.07, 6.45) is 4.47. The summed E-state index contributed by atoms with van der Waals surface area (Å²) in [4.78, 5) is 26.4. The predicted octanol–water partition coefficient (Wildman–Crippen LogP) is 4.16. The maximum absolute atomic E-state index is 13.2.